The average molecular weight is 275 g/mol. The predicted octanol–water partition coefficient (Wildman–Crippen LogP) is 2.35. The largest absolute Gasteiger partial charge is 0.462 e. The van der Waals surface area contributed by atoms with Crippen LogP contribution in [0, 0.1) is 6.92 Å². The van der Waals surface area contributed by atoms with E-state index < -0.39 is 5.97 Å². The smallest absolute Gasteiger partial charge is 0.340 e. The minimum Gasteiger partial charge on any atom is -0.462 e. The van der Waals surface area contributed by atoms with Crippen LogP contribution in [0.3, 0.4) is 0 Å². The molecule has 0 aliphatic rings. The first-order valence-corrected chi connectivity index (χ1v) is 6.32. The number of hydrogen-bond donors (Lipinski definition) is 2. The van der Waals surface area contributed by atoms with Crippen LogP contribution >= 0.6 is 0 Å². The van der Waals surface area contributed by atoms with Gasteiger partial charge in [-0.15, -0.1) is 0 Å². The number of anilines is 2. The van der Waals surface area contributed by atoms with Crippen molar-refractivity contribution in [2.24, 2.45) is 0 Å². The summed E-state index contributed by atoms with van der Waals surface area (Å²) >= 11 is 0. The van der Waals surface area contributed by atoms with Gasteiger partial charge in [-0.25, -0.2) is 9.78 Å². The maximum Gasteiger partial charge on any atom is 0.340 e. The fourth-order valence-corrected chi connectivity index (χ4v) is 1.76. The summed E-state index contributed by atoms with van der Waals surface area (Å²) in [5.41, 5.74) is 7.32. The van der Waals surface area contributed by atoms with Gasteiger partial charge in [-0.2, -0.15) is 0 Å². The molecule has 1 aromatic carbocycles. The van der Waals surface area contributed by atoms with Crippen molar-refractivity contribution in [1.82, 2.24) is 4.98 Å². The Hall–Kier alpha value is -2.50. The highest BCUT2D eigenvalue weighted by Gasteiger charge is 2.13. The summed E-state index contributed by atoms with van der Waals surface area (Å²) in [6.07, 6.45) is 1.65. The lowest BCUT2D eigenvalue weighted by molar-refractivity contribution is 0.0527. The molecule has 106 valence electrons. The van der Waals surface area contributed by atoms with Crippen LogP contribution in [0.15, 0.2) is 28.8 Å². The monoisotopic (exact) mass is 275 g/mol. The fourth-order valence-electron chi connectivity index (χ4n) is 1.76. The Bertz CT molecular complexity index is 607. The van der Waals surface area contributed by atoms with Crippen LogP contribution in [-0.2, 0) is 11.3 Å². The van der Waals surface area contributed by atoms with E-state index in [1.54, 1.807) is 31.3 Å². The number of hydrogen-bond acceptors (Lipinski definition) is 6. The summed E-state index contributed by atoms with van der Waals surface area (Å²) in [6.45, 7) is 4.28. The van der Waals surface area contributed by atoms with Gasteiger partial charge in [0.1, 0.15) is 5.76 Å². The summed E-state index contributed by atoms with van der Waals surface area (Å²) < 4.78 is 10.3. The van der Waals surface area contributed by atoms with Crippen molar-refractivity contribution in [3.05, 3.63) is 41.6 Å². The predicted molar refractivity (Wildman–Crippen MR) is 75.4 cm³/mol. The Morgan fingerprint density at radius 2 is 2.30 bits per heavy atom. The molecule has 1 aromatic heterocycles. The van der Waals surface area contributed by atoms with E-state index in [0.717, 1.165) is 5.76 Å². The molecule has 3 N–H and O–H groups in total. The molecule has 0 aliphatic heterocycles. The quantitative estimate of drug-likeness (QED) is 0.643. The molecule has 0 atom stereocenters. The zero-order valence-corrected chi connectivity index (χ0v) is 11.5. The molecule has 2 rings (SSSR count). The molecule has 2 aromatic rings. The highest BCUT2D eigenvalue weighted by atomic mass is 16.5. The molecule has 0 unspecified atom stereocenters. The minimum atomic E-state index is -0.430. The molecule has 0 bridgehead atoms. The molecule has 0 radical (unpaired) electrons. The number of nitrogens with one attached hydrogen (secondary N) is 1. The lowest BCUT2D eigenvalue weighted by atomic mass is 10.1. The molecule has 6 nitrogen and oxygen atoms in total. The van der Waals surface area contributed by atoms with Gasteiger partial charge < -0.3 is 20.2 Å². The number of rotatable bonds is 5. The van der Waals surface area contributed by atoms with E-state index in [2.05, 4.69) is 10.3 Å². The summed E-state index contributed by atoms with van der Waals surface area (Å²) in [5.74, 6) is 0.874. The number of carbonyl (C=O) groups is 1. The molecule has 0 amide bonds. The molecule has 0 saturated carbocycles. The van der Waals surface area contributed by atoms with Crippen molar-refractivity contribution >= 4 is 17.3 Å². The van der Waals surface area contributed by atoms with E-state index in [-0.39, 0.29) is 0 Å². The van der Waals surface area contributed by atoms with Crippen LogP contribution in [-0.4, -0.2) is 17.6 Å². The molecule has 0 fully saturated rings. The molecule has 0 aliphatic carbocycles. The van der Waals surface area contributed by atoms with E-state index in [0.29, 0.717) is 36.0 Å². The van der Waals surface area contributed by atoms with Crippen LogP contribution in [0.2, 0.25) is 0 Å². The second kappa shape index (κ2) is 6.10. The third-order valence-electron chi connectivity index (χ3n) is 2.70. The molecule has 0 saturated heterocycles. The summed E-state index contributed by atoms with van der Waals surface area (Å²) in [6, 6.07) is 5.16. The Balaban J connectivity index is 2.12. The van der Waals surface area contributed by atoms with Crippen molar-refractivity contribution in [1.29, 1.82) is 0 Å². The highest BCUT2D eigenvalue weighted by Crippen LogP contribution is 2.24. The van der Waals surface area contributed by atoms with Crippen molar-refractivity contribution < 1.29 is 13.9 Å². The van der Waals surface area contributed by atoms with Crippen molar-refractivity contribution in [2.75, 3.05) is 17.7 Å². The number of oxazole rings is 1. The minimum absolute atomic E-state index is 0.311. The van der Waals surface area contributed by atoms with Crippen LogP contribution in [0.5, 0.6) is 0 Å². The standard InChI is InChI=1S/C14H17N3O3/c1-3-19-14(18)10-5-4-6-11(13(10)15)16-8-12-17-7-9(2)20-12/h4-7,16H,3,8,15H2,1-2H3. The van der Waals surface area contributed by atoms with E-state index in [1.165, 1.54) is 0 Å². The van der Waals surface area contributed by atoms with Crippen LogP contribution in [0.1, 0.15) is 28.9 Å². The van der Waals surface area contributed by atoms with Crippen molar-refractivity contribution in [3.8, 4) is 0 Å². The number of esters is 1. The van der Waals surface area contributed by atoms with E-state index in [4.69, 9.17) is 14.9 Å². The Morgan fingerprint density at radius 1 is 1.50 bits per heavy atom. The molecule has 1 heterocycles. The molecule has 20 heavy (non-hydrogen) atoms. The van der Waals surface area contributed by atoms with Gasteiger partial charge in [-0.1, -0.05) is 6.07 Å². The highest BCUT2D eigenvalue weighted by molar-refractivity contribution is 5.98. The third kappa shape index (κ3) is 3.09. The topological polar surface area (TPSA) is 90.4 Å². The fraction of sp³-hybridized carbons (Fsp3) is 0.286. The maximum atomic E-state index is 11.7. The Morgan fingerprint density at radius 3 is 2.95 bits per heavy atom. The van der Waals surface area contributed by atoms with Gasteiger partial charge in [0.25, 0.3) is 0 Å². The van der Waals surface area contributed by atoms with Crippen LogP contribution < -0.4 is 11.1 Å². The second-order valence-corrected chi connectivity index (χ2v) is 4.21. The number of aromatic nitrogens is 1. The number of nitrogen functional groups attached to an aromatic ring is 1. The van der Waals surface area contributed by atoms with Crippen molar-refractivity contribution in [3.63, 3.8) is 0 Å². The number of benzene rings is 1. The maximum absolute atomic E-state index is 11.7. The van der Waals surface area contributed by atoms with Gasteiger partial charge in [0, 0.05) is 0 Å². The normalized spacial score (nSPS) is 10.3. The number of nitrogens with two attached hydrogens (primary N) is 1. The van der Waals surface area contributed by atoms with E-state index >= 15 is 0 Å². The number of carbonyl (C=O) groups excluding carboxylic acids is 1. The first-order valence-electron chi connectivity index (χ1n) is 6.32. The summed E-state index contributed by atoms with van der Waals surface area (Å²) in [5, 5.41) is 3.09. The first-order chi connectivity index (χ1) is 9.61. The van der Waals surface area contributed by atoms with Gasteiger partial charge in [-0.3, -0.25) is 0 Å². The number of aryl methyl sites for hydroxylation is 1. The number of ether oxygens (including phenoxy) is 1. The summed E-state index contributed by atoms with van der Waals surface area (Å²) in [7, 11) is 0. The lowest BCUT2D eigenvalue weighted by Gasteiger charge is -2.11. The van der Waals surface area contributed by atoms with Gasteiger partial charge >= 0.3 is 5.97 Å². The third-order valence-corrected chi connectivity index (χ3v) is 2.70. The van der Waals surface area contributed by atoms with Gasteiger partial charge in [0.15, 0.2) is 0 Å². The van der Waals surface area contributed by atoms with E-state index in [9.17, 15) is 4.79 Å². The Kier molecular flexibility index (Phi) is 4.24. The zero-order valence-electron chi connectivity index (χ0n) is 11.5. The average Bonchev–Trinajstić information content (AvgIpc) is 2.83. The SMILES string of the molecule is CCOC(=O)c1cccc(NCc2ncc(C)o2)c1N. The van der Waals surface area contributed by atoms with Gasteiger partial charge in [0.05, 0.1) is 36.3 Å². The van der Waals surface area contributed by atoms with Gasteiger partial charge in [0.2, 0.25) is 5.89 Å². The van der Waals surface area contributed by atoms with Crippen molar-refractivity contribution in [2.45, 2.75) is 20.4 Å². The Labute approximate surface area is 116 Å². The zero-order chi connectivity index (χ0) is 14.5. The summed E-state index contributed by atoms with van der Waals surface area (Å²) in [4.78, 5) is 15.8. The molecular formula is C14H17N3O3. The number of nitrogens with zero attached hydrogens (tertiary/aromatic N) is 1. The van der Waals surface area contributed by atoms with Crippen LogP contribution in [0.4, 0.5) is 11.4 Å². The van der Waals surface area contributed by atoms with E-state index in [1.807, 2.05) is 6.92 Å². The molecule has 6 heteroatoms. The lowest BCUT2D eigenvalue weighted by Crippen LogP contribution is -2.10. The number of para-hydroxylation sites is 1. The second-order valence-electron chi connectivity index (χ2n) is 4.21. The van der Waals surface area contributed by atoms with Gasteiger partial charge in [-0.05, 0) is 26.0 Å². The van der Waals surface area contributed by atoms with Crippen LogP contribution in [0.25, 0.3) is 0 Å². The molecule has 0 spiro atoms. The first kappa shape index (κ1) is 13.9. The molecular weight excluding hydrogens is 258 g/mol.